The van der Waals surface area contributed by atoms with E-state index in [4.69, 9.17) is 9.72 Å². The molecule has 10 rings (SSSR count). The standard InChI is InChI=1S/C59H53N4O.Pt/c1-38-30-56(60-36-51(38)57-39(2)28-42(29-40(57)3)41-18-11-10-12-19-41)63-52-23-14-13-22-49(52)50-27-26-48(35-55(50)63)64-47-21-17-20-45(34-47)61-37-62(54-25-16-15-24-53(54)61)46-32-43(58(4,5)6)31-44(33-46)59(7,8)9;/h10-33,36-37H,1-9H3;/q-3;. The molecule has 6 heteroatoms. The van der Waals surface area contributed by atoms with Gasteiger partial charge >= 0.3 is 0 Å². The van der Waals surface area contributed by atoms with Gasteiger partial charge in [-0.25, -0.2) is 4.98 Å². The van der Waals surface area contributed by atoms with Gasteiger partial charge < -0.3 is 19.1 Å². The monoisotopic (exact) mass is 1030 g/mol. The van der Waals surface area contributed by atoms with Crippen LogP contribution in [0.15, 0.2) is 152 Å². The number of aryl methyl sites for hydroxylation is 3. The third-order valence-corrected chi connectivity index (χ3v) is 12.6. The maximum atomic E-state index is 6.65. The van der Waals surface area contributed by atoms with Crippen LogP contribution in [0.25, 0.3) is 49.9 Å². The minimum Gasteiger partial charge on any atom is -0.509 e. The number of anilines is 4. The molecule has 2 aromatic heterocycles. The Balaban J connectivity index is 0.00000533. The molecule has 1 aliphatic rings. The first kappa shape index (κ1) is 43.8. The van der Waals surface area contributed by atoms with Crippen LogP contribution in [0.4, 0.5) is 22.7 Å². The summed E-state index contributed by atoms with van der Waals surface area (Å²) >= 11 is 0. The summed E-state index contributed by atoms with van der Waals surface area (Å²) < 4.78 is 8.85. The van der Waals surface area contributed by atoms with Crippen LogP contribution < -0.4 is 14.5 Å². The van der Waals surface area contributed by atoms with Crippen LogP contribution in [0.3, 0.4) is 0 Å². The quantitative estimate of drug-likeness (QED) is 0.149. The van der Waals surface area contributed by atoms with Crippen molar-refractivity contribution in [1.29, 1.82) is 0 Å². The van der Waals surface area contributed by atoms with Gasteiger partial charge in [0.05, 0.1) is 0 Å². The van der Waals surface area contributed by atoms with Crippen LogP contribution in [0, 0.1) is 39.6 Å². The van der Waals surface area contributed by atoms with Crippen LogP contribution in [0.5, 0.6) is 11.5 Å². The van der Waals surface area contributed by atoms with Crippen molar-refractivity contribution < 1.29 is 25.8 Å². The van der Waals surface area contributed by atoms with Crippen LogP contribution in [0.2, 0.25) is 0 Å². The van der Waals surface area contributed by atoms with E-state index < -0.39 is 0 Å². The topological polar surface area (TPSA) is 33.5 Å². The average Bonchev–Trinajstić information content (AvgIpc) is 3.82. The normalized spacial score (nSPS) is 12.8. The van der Waals surface area contributed by atoms with E-state index in [0.29, 0.717) is 11.5 Å². The Hall–Kier alpha value is -6.42. The van der Waals surface area contributed by atoms with E-state index in [0.717, 1.165) is 61.5 Å². The number of hydrogen-bond acceptors (Lipinski definition) is 4. The Morgan fingerprint density at radius 3 is 1.86 bits per heavy atom. The Morgan fingerprint density at radius 2 is 1.18 bits per heavy atom. The molecule has 3 heterocycles. The van der Waals surface area contributed by atoms with E-state index >= 15 is 0 Å². The zero-order chi connectivity index (χ0) is 44.5. The van der Waals surface area contributed by atoms with Crippen LogP contribution in [0.1, 0.15) is 69.4 Å². The summed E-state index contributed by atoms with van der Waals surface area (Å²) in [7, 11) is 0. The molecule has 5 nitrogen and oxygen atoms in total. The van der Waals surface area contributed by atoms with Crippen molar-refractivity contribution in [1.82, 2.24) is 9.55 Å². The number of aromatic nitrogens is 2. The molecule has 1 aliphatic heterocycles. The maximum Gasteiger partial charge on any atom is 0.135 e. The number of pyridine rings is 1. The average molecular weight is 1030 g/mol. The number of nitrogens with zero attached hydrogens (tertiary/aromatic N) is 4. The van der Waals surface area contributed by atoms with Crippen molar-refractivity contribution in [2.75, 3.05) is 9.80 Å². The van der Waals surface area contributed by atoms with E-state index in [2.05, 4.69) is 223 Å². The molecule has 0 bridgehead atoms. The first-order valence-electron chi connectivity index (χ1n) is 22.2. The van der Waals surface area contributed by atoms with Crippen molar-refractivity contribution in [2.24, 2.45) is 0 Å². The molecule has 328 valence electrons. The fraction of sp³-hybridized carbons (Fsp3) is 0.186. The SMILES string of the molecule is Cc1cc(-n2c3[c-]c(Oc4[c-]c(N5[CH-]N(c6cc(C(C)(C)C)cc(C(C)(C)C)c6)c6ccccc65)ccc4)ccc3c3ccccc32)ncc1-c1c(C)cc(-c2ccccc2)cc1C.[Pt]. The number of rotatable bonds is 7. The molecule has 7 aromatic carbocycles. The summed E-state index contributed by atoms with van der Waals surface area (Å²) in [6.07, 6.45) is 2.03. The third kappa shape index (κ3) is 8.17. The van der Waals surface area contributed by atoms with Gasteiger partial charge in [-0.2, -0.15) is 12.1 Å². The predicted octanol–water partition coefficient (Wildman–Crippen LogP) is 15.8. The van der Waals surface area contributed by atoms with Gasteiger partial charge in [0.1, 0.15) is 5.82 Å². The van der Waals surface area contributed by atoms with Crippen molar-refractivity contribution in [3.8, 4) is 39.6 Å². The first-order valence-corrected chi connectivity index (χ1v) is 22.2. The molecule has 0 N–H and O–H groups in total. The van der Waals surface area contributed by atoms with E-state index in [1.165, 1.54) is 38.9 Å². The van der Waals surface area contributed by atoms with Crippen LogP contribution in [-0.4, -0.2) is 9.55 Å². The molecule has 0 saturated heterocycles. The zero-order valence-corrected chi connectivity index (χ0v) is 40.8. The number of para-hydroxylation sites is 3. The van der Waals surface area contributed by atoms with Crippen LogP contribution in [-0.2, 0) is 31.9 Å². The Bertz CT molecular complexity index is 3190. The van der Waals surface area contributed by atoms with Crippen LogP contribution >= 0.6 is 0 Å². The fourth-order valence-corrected chi connectivity index (χ4v) is 9.16. The zero-order valence-electron chi connectivity index (χ0n) is 38.5. The molecular weight excluding hydrogens is 976 g/mol. The smallest absolute Gasteiger partial charge is 0.135 e. The summed E-state index contributed by atoms with van der Waals surface area (Å²) in [6, 6.07) is 58.9. The van der Waals surface area contributed by atoms with E-state index in [1.807, 2.05) is 24.4 Å². The molecule has 0 amide bonds. The Labute approximate surface area is 398 Å². The second kappa shape index (κ2) is 16.9. The maximum absolute atomic E-state index is 6.65. The fourth-order valence-electron chi connectivity index (χ4n) is 9.16. The van der Waals surface area contributed by atoms with Gasteiger partial charge in [-0.3, -0.25) is 0 Å². The van der Waals surface area contributed by atoms with Crippen molar-refractivity contribution in [3.05, 3.63) is 198 Å². The van der Waals surface area contributed by atoms with Gasteiger partial charge in [0.2, 0.25) is 0 Å². The first-order chi connectivity index (χ1) is 30.7. The molecule has 65 heavy (non-hydrogen) atoms. The Morgan fingerprint density at radius 1 is 0.554 bits per heavy atom. The van der Waals surface area contributed by atoms with Crippen molar-refractivity contribution >= 4 is 44.6 Å². The van der Waals surface area contributed by atoms with Gasteiger partial charge in [-0.1, -0.05) is 126 Å². The predicted molar refractivity (Wildman–Crippen MR) is 267 cm³/mol. The summed E-state index contributed by atoms with van der Waals surface area (Å²) in [5.74, 6) is 2.04. The second-order valence-electron chi connectivity index (χ2n) is 19.3. The van der Waals surface area contributed by atoms with E-state index in [9.17, 15) is 0 Å². The van der Waals surface area contributed by atoms with Crippen molar-refractivity contribution in [2.45, 2.75) is 73.1 Å². The molecule has 0 aliphatic carbocycles. The van der Waals surface area contributed by atoms with E-state index in [1.54, 1.807) is 0 Å². The summed E-state index contributed by atoms with van der Waals surface area (Å²) in [5, 5.41) is 2.22. The molecule has 0 fully saturated rings. The molecule has 0 spiro atoms. The van der Waals surface area contributed by atoms with Gasteiger partial charge in [-0.05, 0) is 118 Å². The minimum atomic E-state index is -0.00214. The van der Waals surface area contributed by atoms with Gasteiger partial charge in [0.25, 0.3) is 0 Å². The molecule has 0 saturated carbocycles. The summed E-state index contributed by atoms with van der Waals surface area (Å²) in [6.45, 7) is 22.5. The minimum absolute atomic E-state index is 0. The number of fused-ring (bicyclic) bond motifs is 4. The van der Waals surface area contributed by atoms with Gasteiger partial charge in [0, 0.05) is 66.9 Å². The molecular formula is C59H53N4OPt-3. The molecule has 0 radical (unpaired) electrons. The molecule has 0 atom stereocenters. The number of ether oxygens (including phenoxy) is 1. The molecule has 0 unspecified atom stereocenters. The summed E-state index contributed by atoms with van der Waals surface area (Å²) in [4.78, 5) is 9.65. The van der Waals surface area contributed by atoms with Crippen molar-refractivity contribution in [3.63, 3.8) is 0 Å². The van der Waals surface area contributed by atoms with E-state index in [-0.39, 0.29) is 31.9 Å². The van der Waals surface area contributed by atoms with Gasteiger partial charge in [0.15, 0.2) is 0 Å². The number of benzene rings is 7. The number of hydrogen-bond donors (Lipinski definition) is 0. The summed E-state index contributed by atoms with van der Waals surface area (Å²) in [5.41, 5.74) is 17.2. The third-order valence-electron chi connectivity index (χ3n) is 12.6. The Kier molecular flexibility index (Phi) is 11.4. The second-order valence-corrected chi connectivity index (χ2v) is 19.3. The van der Waals surface area contributed by atoms with Gasteiger partial charge in [-0.15, -0.1) is 48.1 Å². The largest absolute Gasteiger partial charge is 0.509 e. The molecule has 9 aromatic rings.